The van der Waals surface area contributed by atoms with Gasteiger partial charge in [-0.25, -0.2) is 24.2 Å². The predicted molar refractivity (Wildman–Crippen MR) is 176 cm³/mol. The molecule has 2 atom stereocenters. The molecule has 2 aromatic rings. The summed E-state index contributed by atoms with van der Waals surface area (Å²) in [5.41, 5.74) is -0.730. The molecule has 3 N–H and O–H groups in total. The Kier molecular flexibility index (Phi) is 13.4. The van der Waals surface area contributed by atoms with Crippen LogP contribution in [0, 0.1) is 25.6 Å². The first-order valence-corrected chi connectivity index (χ1v) is 16.2. The number of carboxylic acids is 3. The molecule has 2 aromatic carbocycles. The minimum Gasteiger partial charge on any atom is -0.481 e. The number of carbonyl (C=O) groups excluding carboxylic acids is 3. The summed E-state index contributed by atoms with van der Waals surface area (Å²) in [4.78, 5) is 101. The summed E-state index contributed by atoms with van der Waals surface area (Å²) in [5.74, 6) is -6.86. The molecule has 1 saturated heterocycles. The van der Waals surface area contributed by atoms with Gasteiger partial charge in [0.05, 0.1) is 9.85 Å². The molecule has 0 saturated carbocycles. The average Bonchev–Trinajstić information content (AvgIpc) is 3.07. The lowest BCUT2D eigenvalue weighted by Crippen LogP contribution is -2.70. The molecule has 1 fully saturated rings. The van der Waals surface area contributed by atoms with Crippen LogP contribution in [0.5, 0.6) is 0 Å². The molecule has 1 heterocycles. The quantitative estimate of drug-likeness (QED) is 0.0757. The van der Waals surface area contributed by atoms with E-state index in [9.17, 15) is 59.2 Å². The molecule has 4 amide bonds. The lowest BCUT2D eigenvalue weighted by atomic mass is 9.77. The Morgan fingerprint density at radius 3 is 1.49 bits per heavy atom. The summed E-state index contributed by atoms with van der Waals surface area (Å²) >= 11 is 0. The zero-order valence-electron chi connectivity index (χ0n) is 28.0. The van der Waals surface area contributed by atoms with Gasteiger partial charge >= 0.3 is 23.9 Å². The fourth-order valence-electron chi connectivity index (χ4n) is 6.08. The van der Waals surface area contributed by atoms with Crippen molar-refractivity contribution in [1.82, 2.24) is 14.7 Å². The van der Waals surface area contributed by atoms with Gasteiger partial charge in [-0.05, 0) is 56.2 Å². The van der Waals surface area contributed by atoms with E-state index in [4.69, 9.17) is 5.11 Å². The highest BCUT2D eigenvalue weighted by Gasteiger charge is 2.59. The number of nitrogens with zero attached hydrogens (tertiary/aromatic N) is 5. The highest BCUT2D eigenvalue weighted by atomic mass is 16.6. The maximum Gasteiger partial charge on any atom is 0.335 e. The second kappa shape index (κ2) is 17.2. The largest absolute Gasteiger partial charge is 0.481 e. The van der Waals surface area contributed by atoms with Crippen LogP contribution in [0.25, 0.3) is 0 Å². The molecule has 1 aliphatic heterocycles. The van der Waals surface area contributed by atoms with Crippen molar-refractivity contribution in [3.8, 4) is 0 Å². The monoisotopic (exact) mass is 713 g/mol. The number of imide groups is 2. The van der Waals surface area contributed by atoms with Crippen LogP contribution < -0.4 is 0 Å². The molecular formula is C33H39N5O13. The first-order valence-electron chi connectivity index (χ1n) is 16.2. The molecule has 274 valence electrons. The minimum absolute atomic E-state index is 0.103. The number of rotatable bonds is 20. The van der Waals surface area contributed by atoms with Gasteiger partial charge in [0, 0.05) is 43.8 Å². The van der Waals surface area contributed by atoms with Gasteiger partial charge in [-0.3, -0.25) is 39.5 Å². The number of carbonyl (C=O) groups is 6. The Balaban J connectivity index is 1.86. The van der Waals surface area contributed by atoms with Crippen LogP contribution in [0.4, 0.5) is 16.2 Å². The zero-order valence-corrected chi connectivity index (χ0v) is 28.0. The van der Waals surface area contributed by atoms with Gasteiger partial charge < -0.3 is 15.3 Å². The normalized spacial score (nSPS) is 15.5. The molecule has 0 aliphatic carbocycles. The summed E-state index contributed by atoms with van der Waals surface area (Å²) in [6.45, 7) is 3.84. The van der Waals surface area contributed by atoms with E-state index >= 15 is 0 Å². The van der Waals surface area contributed by atoms with Crippen molar-refractivity contribution < 1.29 is 53.9 Å². The van der Waals surface area contributed by atoms with Crippen molar-refractivity contribution in [3.05, 3.63) is 79.9 Å². The van der Waals surface area contributed by atoms with Gasteiger partial charge in [-0.15, -0.1) is 0 Å². The molecule has 0 radical (unpaired) electrons. The third-order valence-corrected chi connectivity index (χ3v) is 9.01. The Hall–Kier alpha value is -5.78. The molecule has 51 heavy (non-hydrogen) atoms. The molecule has 1 aliphatic rings. The van der Waals surface area contributed by atoms with E-state index < -0.39 is 75.9 Å². The predicted octanol–water partition coefficient (Wildman–Crippen LogP) is 4.04. The SMILES string of the molecule is CCC1(CC)C(=O)N(C(CCCCN(Cc2ccc([N+](=O)[O-])cc2)Cc2ccc([N+](=O)[O-])cc2)C(=O)O)C(=O)N(C(CCC(=O)O)C(=O)O)C1=O. The number of unbranched alkanes of at least 4 members (excludes halogenated alkanes) is 1. The van der Waals surface area contributed by atoms with Crippen molar-refractivity contribution in [2.75, 3.05) is 6.54 Å². The molecule has 18 heteroatoms. The van der Waals surface area contributed by atoms with Crippen LogP contribution in [-0.4, -0.2) is 94.2 Å². The van der Waals surface area contributed by atoms with E-state index in [2.05, 4.69) is 0 Å². The standard InChI is InChI=1S/C33H39N5O13/c1-3-33(4-2)30(45)35(32(47)36(31(33)46)26(29(43)44)16-17-27(39)40)25(28(41)42)7-5-6-18-34(19-21-8-12-23(13-9-21)37(48)49)20-22-10-14-24(15-11-22)38(50)51/h8-15,25-26H,3-7,16-20H2,1-2H3,(H,39,40)(H,41,42)(H,43,44). The number of nitro benzene ring substituents is 2. The van der Waals surface area contributed by atoms with Crippen molar-refractivity contribution >= 4 is 47.1 Å². The lowest BCUT2D eigenvalue weighted by molar-refractivity contribution is -0.385. The van der Waals surface area contributed by atoms with E-state index in [1.807, 2.05) is 4.90 Å². The zero-order chi connectivity index (χ0) is 38.0. The van der Waals surface area contributed by atoms with Gasteiger partial charge in [0.25, 0.3) is 11.4 Å². The number of non-ortho nitro benzene ring substituents is 2. The van der Waals surface area contributed by atoms with Crippen LogP contribution in [0.1, 0.15) is 69.9 Å². The second-order valence-electron chi connectivity index (χ2n) is 12.1. The summed E-state index contributed by atoms with van der Waals surface area (Å²) in [5, 5.41) is 51.4. The number of hydrogen-bond donors (Lipinski definition) is 3. The number of urea groups is 1. The van der Waals surface area contributed by atoms with Crippen molar-refractivity contribution in [3.63, 3.8) is 0 Å². The highest BCUT2D eigenvalue weighted by Crippen LogP contribution is 2.39. The number of nitro groups is 2. The van der Waals surface area contributed by atoms with Crippen molar-refractivity contribution in [2.45, 2.75) is 84.0 Å². The number of carboxylic acid groups (broad SMARTS) is 3. The molecule has 18 nitrogen and oxygen atoms in total. The Labute approximate surface area is 291 Å². The average molecular weight is 714 g/mol. The summed E-state index contributed by atoms with van der Waals surface area (Å²) < 4.78 is 0. The molecular weight excluding hydrogens is 674 g/mol. The van der Waals surface area contributed by atoms with E-state index in [1.165, 1.54) is 38.1 Å². The van der Waals surface area contributed by atoms with E-state index in [0.29, 0.717) is 47.0 Å². The fraction of sp³-hybridized carbons (Fsp3) is 0.455. The van der Waals surface area contributed by atoms with Gasteiger partial charge in [0.2, 0.25) is 11.8 Å². The summed E-state index contributed by atoms with van der Waals surface area (Å²) in [6.07, 6.45) is -1.57. The smallest absolute Gasteiger partial charge is 0.335 e. The lowest BCUT2D eigenvalue weighted by Gasteiger charge is -2.46. The van der Waals surface area contributed by atoms with Crippen molar-refractivity contribution in [1.29, 1.82) is 0 Å². The minimum atomic E-state index is -1.96. The van der Waals surface area contributed by atoms with Gasteiger partial charge in [0.1, 0.15) is 17.5 Å². The fourth-order valence-corrected chi connectivity index (χ4v) is 6.08. The van der Waals surface area contributed by atoms with Crippen molar-refractivity contribution in [2.24, 2.45) is 5.41 Å². The molecule has 2 unspecified atom stereocenters. The summed E-state index contributed by atoms with van der Waals surface area (Å²) in [7, 11) is 0. The first-order chi connectivity index (χ1) is 24.1. The van der Waals surface area contributed by atoms with Crippen LogP contribution >= 0.6 is 0 Å². The maximum absolute atomic E-state index is 13.8. The number of barbiturate groups is 1. The van der Waals surface area contributed by atoms with E-state index in [-0.39, 0.29) is 37.1 Å². The molecule has 0 spiro atoms. The molecule has 0 bridgehead atoms. The van der Waals surface area contributed by atoms with Gasteiger partial charge in [-0.1, -0.05) is 38.1 Å². The molecule has 0 aromatic heterocycles. The Morgan fingerprint density at radius 2 is 1.14 bits per heavy atom. The van der Waals surface area contributed by atoms with Crippen LogP contribution in [-0.2, 0) is 37.1 Å². The Bertz CT molecular complexity index is 1600. The van der Waals surface area contributed by atoms with E-state index in [1.54, 1.807) is 24.3 Å². The topological polar surface area (TPSA) is 259 Å². The summed E-state index contributed by atoms with van der Waals surface area (Å²) in [6, 6.07) is 6.51. The molecule has 3 rings (SSSR count). The third kappa shape index (κ3) is 9.27. The maximum atomic E-state index is 13.8. The van der Waals surface area contributed by atoms with E-state index in [0.717, 1.165) is 0 Å². The number of hydrogen-bond acceptors (Lipinski definition) is 11. The number of aliphatic carboxylic acids is 3. The van der Waals surface area contributed by atoms with Crippen LogP contribution in [0.3, 0.4) is 0 Å². The van der Waals surface area contributed by atoms with Gasteiger partial charge in [0.15, 0.2) is 0 Å². The third-order valence-electron chi connectivity index (χ3n) is 9.01. The first kappa shape index (κ1) is 39.7. The van der Waals surface area contributed by atoms with Gasteiger partial charge in [-0.2, -0.15) is 0 Å². The Morgan fingerprint density at radius 1 is 0.725 bits per heavy atom. The number of benzene rings is 2. The van der Waals surface area contributed by atoms with Crippen LogP contribution in [0.2, 0.25) is 0 Å². The van der Waals surface area contributed by atoms with Crippen LogP contribution in [0.15, 0.2) is 48.5 Å². The second-order valence-corrected chi connectivity index (χ2v) is 12.1. The number of amides is 4. The highest BCUT2D eigenvalue weighted by molar-refractivity contribution is 6.21.